The quantitative estimate of drug-likeness (QED) is 0.666. The van der Waals surface area contributed by atoms with Gasteiger partial charge in [0.15, 0.2) is 0 Å². The molecule has 2 aromatic rings. The number of benzene rings is 1. The molecule has 1 aromatic heterocycles. The predicted octanol–water partition coefficient (Wildman–Crippen LogP) is 4.09. The largest absolute Gasteiger partial charge is 0.325 e. The van der Waals surface area contributed by atoms with E-state index in [0.29, 0.717) is 0 Å². The summed E-state index contributed by atoms with van der Waals surface area (Å²) in [6.07, 6.45) is 1.96. The highest BCUT2D eigenvalue weighted by Gasteiger charge is 2.23. The fraction of sp³-hybridized carbons (Fsp3) is 0.533. The lowest BCUT2D eigenvalue weighted by Gasteiger charge is -2.26. The summed E-state index contributed by atoms with van der Waals surface area (Å²) in [5.41, 5.74) is 3.93. The first-order chi connectivity index (χ1) is 7.71. The normalized spacial score (nSPS) is 13.3. The van der Waals surface area contributed by atoms with E-state index in [2.05, 4.69) is 69.3 Å². The van der Waals surface area contributed by atoms with Gasteiger partial charge in [-0.05, 0) is 37.8 Å². The monoisotopic (exact) mass is 230 g/mol. The second kappa shape index (κ2) is 3.59. The zero-order chi connectivity index (χ0) is 12.8. The summed E-state index contributed by atoms with van der Waals surface area (Å²) >= 11 is 0. The molecule has 17 heavy (non-hydrogen) atoms. The van der Waals surface area contributed by atoms with Crippen LogP contribution in [-0.4, -0.2) is 9.55 Å². The van der Waals surface area contributed by atoms with Gasteiger partial charge in [0, 0.05) is 5.54 Å². The summed E-state index contributed by atoms with van der Waals surface area (Å²) in [5.74, 6) is 0. The van der Waals surface area contributed by atoms with Crippen molar-refractivity contribution in [2.45, 2.75) is 52.5 Å². The van der Waals surface area contributed by atoms with Crippen LogP contribution in [0.2, 0.25) is 0 Å². The molecule has 0 bridgehead atoms. The van der Waals surface area contributed by atoms with Crippen molar-refractivity contribution in [3.8, 4) is 0 Å². The Labute approximate surface area is 104 Å². The van der Waals surface area contributed by atoms with Gasteiger partial charge in [0.2, 0.25) is 0 Å². The summed E-state index contributed by atoms with van der Waals surface area (Å²) in [6.45, 7) is 13.4. The molecule has 0 atom stereocenters. The number of fused-ring (bicyclic) bond motifs is 1. The third kappa shape index (κ3) is 2.08. The van der Waals surface area contributed by atoms with Crippen molar-refractivity contribution < 1.29 is 0 Å². The lowest BCUT2D eigenvalue weighted by atomic mass is 9.86. The standard InChI is InChI=1S/C15H22N2/c1-14(2,3)11-8-7-9-12-13(11)17(10-16-12)15(4,5)6/h7-10H,1-6H3. The van der Waals surface area contributed by atoms with Crippen LogP contribution < -0.4 is 0 Å². The van der Waals surface area contributed by atoms with Crippen LogP contribution in [-0.2, 0) is 11.0 Å². The lowest BCUT2D eigenvalue weighted by Crippen LogP contribution is -2.23. The molecule has 0 unspecified atom stereocenters. The number of hydrogen-bond donors (Lipinski definition) is 0. The van der Waals surface area contributed by atoms with Crippen LogP contribution in [0.3, 0.4) is 0 Å². The number of nitrogens with zero attached hydrogens (tertiary/aromatic N) is 2. The van der Waals surface area contributed by atoms with E-state index < -0.39 is 0 Å². The minimum absolute atomic E-state index is 0.0656. The summed E-state index contributed by atoms with van der Waals surface area (Å²) in [5, 5.41) is 0. The van der Waals surface area contributed by atoms with Crippen molar-refractivity contribution in [3.05, 3.63) is 30.1 Å². The maximum absolute atomic E-state index is 4.52. The molecule has 1 aromatic carbocycles. The first kappa shape index (κ1) is 12.2. The molecule has 2 heteroatoms. The van der Waals surface area contributed by atoms with Gasteiger partial charge in [-0.2, -0.15) is 0 Å². The first-order valence-corrected chi connectivity index (χ1v) is 6.18. The summed E-state index contributed by atoms with van der Waals surface area (Å²) in [6, 6.07) is 6.40. The average Bonchev–Trinajstić information content (AvgIpc) is 2.57. The minimum atomic E-state index is 0.0656. The Morgan fingerprint density at radius 3 is 2.18 bits per heavy atom. The van der Waals surface area contributed by atoms with Crippen molar-refractivity contribution in [2.24, 2.45) is 0 Å². The molecule has 92 valence electrons. The molecule has 0 amide bonds. The molecule has 0 saturated carbocycles. The Morgan fingerprint density at radius 1 is 1.00 bits per heavy atom. The van der Waals surface area contributed by atoms with Gasteiger partial charge in [-0.1, -0.05) is 32.9 Å². The maximum Gasteiger partial charge on any atom is 0.0963 e. The van der Waals surface area contributed by atoms with Crippen LogP contribution in [0.5, 0.6) is 0 Å². The fourth-order valence-electron chi connectivity index (χ4n) is 2.18. The van der Waals surface area contributed by atoms with E-state index in [0.717, 1.165) is 5.52 Å². The van der Waals surface area contributed by atoms with Gasteiger partial charge in [0.25, 0.3) is 0 Å². The van der Waals surface area contributed by atoms with Crippen LogP contribution in [0, 0.1) is 0 Å². The number of aromatic nitrogens is 2. The number of hydrogen-bond acceptors (Lipinski definition) is 1. The number of rotatable bonds is 0. The van der Waals surface area contributed by atoms with E-state index in [1.54, 1.807) is 0 Å². The molecule has 0 radical (unpaired) electrons. The molecule has 1 heterocycles. The van der Waals surface area contributed by atoms with Crippen LogP contribution in [0.4, 0.5) is 0 Å². The van der Waals surface area contributed by atoms with Crippen molar-refractivity contribution in [1.29, 1.82) is 0 Å². The van der Waals surface area contributed by atoms with Gasteiger partial charge >= 0.3 is 0 Å². The summed E-state index contributed by atoms with van der Waals surface area (Å²) in [4.78, 5) is 4.52. The Balaban J connectivity index is 2.82. The topological polar surface area (TPSA) is 17.8 Å². The molecule has 0 aliphatic carbocycles. The van der Waals surface area contributed by atoms with Gasteiger partial charge in [-0.15, -0.1) is 0 Å². The van der Waals surface area contributed by atoms with Gasteiger partial charge in [-0.25, -0.2) is 4.98 Å². The molecule has 0 aliphatic heterocycles. The number of para-hydroxylation sites is 1. The predicted molar refractivity (Wildman–Crippen MR) is 73.4 cm³/mol. The van der Waals surface area contributed by atoms with Crippen LogP contribution in [0.15, 0.2) is 24.5 Å². The minimum Gasteiger partial charge on any atom is -0.325 e. The summed E-state index contributed by atoms with van der Waals surface area (Å²) in [7, 11) is 0. The van der Waals surface area contributed by atoms with Crippen LogP contribution in [0.1, 0.15) is 47.1 Å². The smallest absolute Gasteiger partial charge is 0.0963 e. The van der Waals surface area contributed by atoms with E-state index in [1.165, 1.54) is 11.1 Å². The maximum atomic E-state index is 4.52. The van der Waals surface area contributed by atoms with E-state index in [9.17, 15) is 0 Å². The zero-order valence-corrected chi connectivity index (χ0v) is 11.7. The van der Waals surface area contributed by atoms with E-state index in [-0.39, 0.29) is 11.0 Å². The summed E-state index contributed by atoms with van der Waals surface area (Å²) < 4.78 is 2.28. The van der Waals surface area contributed by atoms with Gasteiger partial charge in [0.1, 0.15) is 0 Å². The molecular weight excluding hydrogens is 208 g/mol. The Bertz CT molecular complexity index is 536. The molecule has 0 fully saturated rings. The van der Waals surface area contributed by atoms with E-state index in [1.807, 2.05) is 6.33 Å². The van der Waals surface area contributed by atoms with Gasteiger partial charge in [0.05, 0.1) is 17.4 Å². The fourth-order valence-corrected chi connectivity index (χ4v) is 2.18. The third-order valence-corrected chi connectivity index (χ3v) is 3.10. The van der Waals surface area contributed by atoms with Crippen molar-refractivity contribution in [3.63, 3.8) is 0 Å². The molecule has 2 rings (SSSR count). The molecule has 0 spiro atoms. The Hall–Kier alpha value is -1.31. The average molecular weight is 230 g/mol. The van der Waals surface area contributed by atoms with Crippen LogP contribution >= 0.6 is 0 Å². The van der Waals surface area contributed by atoms with Gasteiger partial charge in [-0.3, -0.25) is 0 Å². The third-order valence-electron chi connectivity index (χ3n) is 3.10. The van der Waals surface area contributed by atoms with Crippen molar-refractivity contribution in [1.82, 2.24) is 9.55 Å². The molecule has 2 nitrogen and oxygen atoms in total. The second-order valence-electron chi connectivity index (χ2n) is 6.71. The molecule has 0 N–H and O–H groups in total. The zero-order valence-electron chi connectivity index (χ0n) is 11.7. The van der Waals surface area contributed by atoms with Gasteiger partial charge < -0.3 is 4.57 Å². The highest BCUT2D eigenvalue weighted by Crippen LogP contribution is 2.32. The highest BCUT2D eigenvalue weighted by atomic mass is 15.1. The SMILES string of the molecule is CC(C)(C)c1cccc2ncn(C(C)(C)C)c12. The molecular formula is C15H22N2. The first-order valence-electron chi connectivity index (χ1n) is 6.18. The number of imidazole rings is 1. The Kier molecular flexibility index (Phi) is 2.57. The van der Waals surface area contributed by atoms with Crippen LogP contribution in [0.25, 0.3) is 11.0 Å². The van der Waals surface area contributed by atoms with Crippen molar-refractivity contribution in [2.75, 3.05) is 0 Å². The van der Waals surface area contributed by atoms with E-state index in [4.69, 9.17) is 0 Å². The Morgan fingerprint density at radius 2 is 1.65 bits per heavy atom. The highest BCUT2D eigenvalue weighted by molar-refractivity contribution is 5.80. The molecule has 0 aliphatic rings. The van der Waals surface area contributed by atoms with Crippen molar-refractivity contribution >= 4 is 11.0 Å². The lowest BCUT2D eigenvalue weighted by molar-refractivity contribution is 0.406. The van der Waals surface area contributed by atoms with E-state index >= 15 is 0 Å². The molecule has 0 saturated heterocycles. The second-order valence-corrected chi connectivity index (χ2v) is 6.71.